The van der Waals surface area contributed by atoms with Crippen LogP contribution in [0.3, 0.4) is 0 Å². The van der Waals surface area contributed by atoms with Crippen LogP contribution in [0.5, 0.6) is 0 Å². The highest BCUT2D eigenvalue weighted by Crippen LogP contribution is 1.94. The van der Waals surface area contributed by atoms with Gasteiger partial charge in [-0.3, -0.25) is 0 Å². The molecule has 0 saturated heterocycles. The van der Waals surface area contributed by atoms with Crippen molar-refractivity contribution in [1.29, 1.82) is 0 Å². The Bertz CT molecular complexity index is 358. The van der Waals surface area contributed by atoms with E-state index in [-0.39, 0.29) is 0 Å². The maximum atomic E-state index is 10.3. The minimum absolute atomic E-state index is 0.624. The highest BCUT2D eigenvalue weighted by Gasteiger charge is 2.04. The molecule has 0 aromatic heterocycles. The van der Waals surface area contributed by atoms with Gasteiger partial charge in [0.15, 0.2) is 0 Å². The molecule has 0 radical (unpaired) electrons. The fraction of sp³-hybridized carbons (Fsp3) is 1.00. The van der Waals surface area contributed by atoms with E-state index in [1.807, 2.05) is 0 Å². The van der Waals surface area contributed by atoms with Crippen molar-refractivity contribution in [2.75, 3.05) is 6.26 Å². The van der Waals surface area contributed by atoms with Crippen LogP contribution in [-0.2, 0) is 115 Å². The Kier molecular flexibility index (Phi) is 18.2. The van der Waals surface area contributed by atoms with Crippen molar-refractivity contribution in [1.82, 2.24) is 0 Å². The molecule has 25 heteroatoms. The third-order valence-electron chi connectivity index (χ3n) is 0.682. The summed E-state index contributed by atoms with van der Waals surface area (Å²) in [6.07, 6.45) is 0.624. The van der Waals surface area contributed by atoms with E-state index in [2.05, 4.69) is 105 Å². The Balaban J connectivity index is 3.03. The van der Waals surface area contributed by atoms with Crippen LogP contribution in [0.4, 0.5) is 0 Å². The second kappa shape index (κ2) is 18.8. The molecule has 0 heterocycles. The van der Waals surface area contributed by atoms with E-state index in [0.717, 1.165) is 0 Å². The molecule has 0 unspecified atom stereocenters. The van der Waals surface area contributed by atoms with Gasteiger partial charge in [0.05, 0.1) is 6.26 Å². The molecule has 0 rings (SSSR count). The van der Waals surface area contributed by atoms with Crippen molar-refractivity contribution in [3.05, 3.63) is 0 Å². The lowest BCUT2D eigenvalue weighted by Crippen LogP contribution is -2.07. The minimum atomic E-state index is -3.96. The molecule has 158 valence electrons. The van der Waals surface area contributed by atoms with E-state index in [9.17, 15) is 8.42 Å². The summed E-state index contributed by atoms with van der Waals surface area (Å²) in [6.45, 7) is 0. The number of rotatable bonds is 21. The zero-order valence-electron chi connectivity index (χ0n) is 11.2. The zero-order valence-corrected chi connectivity index (χ0v) is 12.1. The Hall–Kier alpha value is -0.930. The van der Waals surface area contributed by atoms with Gasteiger partial charge in [0.2, 0.25) is 0 Å². The van der Waals surface area contributed by atoms with E-state index in [4.69, 9.17) is 5.26 Å². The smallest absolute Gasteiger partial charge is 0.219 e. The predicted octanol–water partition coefficient (Wildman–Crippen LogP) is -1.93. The Morgan fingerprint density at radius 3 is 0.923 bits per heavy atom. The van der Waals surface area contributed by atoms with Gasteiger partial charge >= 0.3 is 0 Å². The molecule has 24 nitrogen and oxygen atoms in total. The van der Waals surface area contributed by atoms with E-state index in [1.54, 1.807) is 0 Å². The highest BCUT2D eigenvalue weighted by molar-refractivity contribution is 7.85. The molecule has 0 aromatic carbocycles. The predicted molar refractivity (Wildman–Crippen MR) is 40.3 cm³/mol. The lowest BCUT2D eigenvalue weighted by Gasteiger charge is -1.99. The van der Waals surface area contributed by atoms with Gasteiger partial charge in [-0.25, -0.2) is 5.26 Å². The van der Waals surface area contributed by atoms with Crippen molar-refractivity contribution in [2.24, 2.45) is 0 Å². The first-order valence-corrected chi connectivity index (χ1v) is 6.24. The summed E-state index contributed by atoms with van der Waals surface area (Å²) in [6, 6.07) is 0. The molecule has 0 bridgehead atoms. The van der Waals surface area contributed by atoms with Crippen molar-refractivity contribution in [3.63, 3.8) is 0 Å². The molecule has 0 atom stereocenters. The molecular formula is CH4O24S. The molecule has 0 aliphatic heterocycles. The first kappa shape index (κ1) is 25.1. The SMILES string of the molecule is CS(=O)(=O)OOOOOOOOOOOOOOOOOOOOOO. The third kappa shape index (κ3) is 23.1. The average Bonchev–Trinajstić information content (AvgIpc) is 2.59. The van der Waals surface area contributed by atoms with Gasteiger partial charge in [0.25, 0.3) is 10.1 Å². The fourth-order valence-corrected chi connectivity index (χ4v) is 0.391. The number of hydrogen-bond donors (Lipinski definition) is 1. The Labute approximate surface area is 136 Å². The third-order valence-corrected chi connectivity index (χ3v) is 0.985. The van der Waals surface area contributed by atoms with Gasteiger partial charge in [0, 0.05) is 20.2 Å². The summed E-state index contributed by atoms with van der Waals surface area (Å²) in [5, 5.41) is 75.6. The lowest BCUT2D eigenvalue weighted by molar-refractivity contribution is -0.896. The average molecular weight is 432 g/mol. The standard InChI is InChI=1S/CH4O24S/c1-26(3,4)25-24-23-22-21-20-19-18-17-16-15-14-13-12-11-10-9-8-7-6-5-2/h2H,1H3. The van der Waals surface area contributed by atoms with E-state index >= 15 is 0 Å². The molecule has 0 aromatic rings. The molecule has 0 saturated carbocycles. The van der Waals surface area contributed by atoms with Crippen molar-refractivity contribution in [3.8, 4) is 0 Å². The highest BCUT2D eigenvalue weighted by atomic mass is 32.2. The minimum Gasteiger partial charge on any atom is -0.219 e. The first-order valence-electron chi connectivity index (χ1n) is 4.42. The quantitative estimate of drug-likeness (QED) is 0.118. The second-order valence-corrected chi connectivity index (χ2v) is 3.68. The first-order chi connectivity index (χ1) is 12.6. The lowest BCUT2D eigenvalue weighted by atomic mass is 12.0. The second-order valence-electron chi connectivity index (χ2n) is 2.14. The Morgan fingerprint density at radius 2 is 0.692 bits per heavy atom. The van der Waals surface area contributed by atoms with Crippen LogP contribution in [0.25, 0.3) is 0 Å². The van der Waals surface area contributed by atoms with E-state index in [0.29, 0.717) is 6.26 Å². The molecule has 0 amide bonds. The van der Waals surface area contributed by atoms with Crippen LogP contribution in [0.15, 0.2) is 0 Å². The fourth-order valence-electron chi connectivity index (χ4n) is 0.267. The van der Waals surface area contributed by atoms with E-state index in [1.165, 1.54) is 0 Å². The summed E-state index contributed by atoms with van der Waals surface area (Å²) >= 11 is 0. The zero-order chi connectivity index (χ0) is 19.3. The molecule has 1 N–H and O–H groups in total. The number of hydrogen-bond acceptors (Lipinski definition) is 24. The van der Waals surface area contributed by atoms with Crippen LogP contribution in [0.1, 0.15) is 0 Å². The topological polar surface area (TPSA) is 248 Å². The maximum absolute atomic E-state index is 10.3. The monoisotopic (exact) mass is 432 g/mol. The van der Waals surface area contributed by atoms with Gasteiger partial charge in [-0.15, -0.1) is 0 Å². The summed E-state index contributed by atoms with van der Waals surface area (Å²) in [5.74, 6) is 0. The van der Waals surface area contributed by atoms with Crippen LogP contribution in [0.2, 0.25) is 0 Å². The van der Waals surface area contributed by atoms with Gasteiger partial charge in [-0.05, 0) is 80.6 Å². The van der Waals surface area contributed by atoms with Crippen LogP contribution < -0.4 is 0 Å². The van der Waals surface area contributed by atoms with Gasteiger partial charge in [-0.2, -0.15) is 8.42 Å². The molecule has 0 aliphatic rings. The van der Waals surface area contributed by atoms with Gasteiger partial charge < -0.3 is 0 Å². The normalized spacial score (nSPS) is 11.9. The van der Waals surface area contributed by atoms with Crippen LogP contribution >= 0.6 is 0 Å². The van der Waals surface area contributed by atoms with Crippen molar-refractivity contribution >= 4 is 10.1 Å². The maximum Gasteiger partial charge on any atom is 0.293 e. The summed E-state index contributed by atoms with van der Waals surface area (Å²) in [7, 11) is -3.96. The summed E-state index contributed by atoms with van der Waals surface area (Å²) in [4.78, 5) is 0. The van der Waals surface area contributed by atoms with E-state index < -0.39 is 10.1 Å². The van der Waals surface area contributed by atoms with Gasteiger partial charge in [-0.1, -0.05) is 4.33 Å². The van der Waals surface area contributed by atoms with Gasteiger partial charge in [0.1, 0.15) is 0 Å². The molecule has 0 fully saturated rings. The van der Waals surface area contributed by atoms with Crippen molar-refractivity contribution in [2.45, 2.75) is 0 Å². The van der Waals surface area contributed by atoms with Crippen molar-refractivity contribution < 1.29 is 119 Å². The molecular weight excluding hydrogens is 428 g/mol. The largest absolute Gasteiger partial charge is 0.293 e. The molecule has 0 aliphatic carbocycles. The molecule has 0 spiro atoms. The Morgan fingerprint density at radius 1 is 0.462 bits per heavy atom. The molecule has 26 heavy (non-hydrogen) atoms. The summed E-state index contributed by atoms with van der Waals surface area (Å²) < 4.78 is 24.2. The summed E-state index contributed by atoms with van der Waals surface area (Å²) in [5.41, 5.74) is 0. The van der Waals surface area contributed by atoms with Crippen LogP contribution in [-0.4, -0.2) is 19.9 Å². The van der Waals surface area contributed by atoms with Crippen LogP contribution in [0, 0.1) is 0 Å².